The molecule has 0 N–H and O–H groups in total. The van der Waals surface area contributed by atoms with E-state index in [4.69, 9.17) is 4.74 Å². The molecule has 0 aliphatic rings. The Morgan fingerprint density at radius 3 is 2.45 bits per heavy atom. The highest BCUT2D eigenvalue weighted by Gasteiger charge is 2.48. The summed E-state index contributed by atoms with van der Waals surface area (Å²) < 4.78 is 67.2. The molecule has 1 aromatic heterocycles. The van der Waals surface area contributed by atoms with Crippen LogP contribution in [0.3, 0.4) is 0 Å². The van der Waals surface area contributed by atoms with E-state index < -0.39 is 26.0 Å². The lowest BCUT2D eigenvalue weighted by molar-refractivity contribution is -0.0436. The van der Waals surface area contributed by atoms with Gasteiger partial charge in [0.15, 0.2) is 5.75 Å². The highest BCUT2D eigenvalue weighted by atomic mass is 32.2. The summed E-state index contributed by atoms with van der Waals surface area (Å²) in [7, 11) is -3.88. The Hall–Kier alpha value is -2.03. The van der Waals surface area contributed by atoms with Crippen LogP contribution in [-0.2, 0) is 16.9 Å². The zero-order chi connectivity index (χ0) is 15.0. The Bertz CT molecular complexity index is 723. The number of halogens is 3. The maximum absolute atomic E-state index is 12.6. The van der Waals surface area contributed by atoms with E-state index in [-0.39, 0.29) is 5.75 Å². The van der Waals surface area contributed by atoms with Gasteiger partial charge in [-0.25, -0.2) is 8.42 Å². The highest BCUT2D eigenvalue weighted by Crippen LogP contribution is 2.36. The largest absolute Gasteiger partial charge is 0.502 e. The van der Waals surface area contributed by atoms with E-state index in [0.29, 0.717) is 0 Å². The molecule has 9 heteroatoms. The van der Waals surface area contributed by atoms with E-state index in [1.807, 2.05) is 0 Å². The minimum absolute atomic E-state index is 0.136. The van der Waals surface area contributed by atoms with Crippen molar-refractivity contribution in [2.24, 2.45) is 7.05 Å². The normalized spacial score (nSPS) is 12.4. The third-order valence-corrected chi connectivity index (χ3v) is 3.88. The lowest BCUT2D eigenvalue weighted by atomic mass is 10.3. The van der Waals surface area contributed by atoms with Crippen LogP contribution in [0.4, 0.5) is 13.2 Å². The van der Waals surface area contributed by atoms with Crippen LogP contribution in [0.15, 0.2) is 41.6 Å². The molecular formula is C11H9F3N2O3S. The van der Waals surface area contributed by atoms with E-state index in [1.54, 1.807) is 7.05 Å². The summed E-state index contributed by atoms with van der Waals surface area (Å²) in [5, 5.41) is 3.77. The molecule has 0 aliphatic carbocycles. The van der Waals surface area contributed by atoms with Gasteiger partial charge in [0.2, 0.25) is 0 Å². The predicted octanol–water partition coefficient (Wildman–Crippen LogP) is 2.51. The molecule has 0 radical (unpaired) electrons. The number of benzene rings is 1. The predicted molar refractivity (Wildman–Crippen MR) is 63.0 cm³/mol. The number of ether oxygens (including phenoxy) is 1. The Balaban J connectivity index is 2.47. The van der Waals surface area contributed by atoms with Gasteiger partial charge >= 0.3 is 5.51 Å². The number of rotatable bonds is 3. The summed E-state index contributed by atoms with van der Waals surface area (Å²) in [4.78, 5) is -0.934. The second-order valence-corrected chi connectivity index (χ2v) is 5.76. The second kappa shape index (κ2) is 4.82. The molecule has 0 fully saturated rings. The van der Waals surface area contributed by atoms with Crippen molar-refractivity contribution in [3.05, 3.63) is 36.7 Å². The van der Waals surface area contributed by atoms with Gasteiger partial charge in [-0.05, 0) is 12.1 Å². The maximum Gasteiger partial charge on any atom is 0.502 e. The summed E-state index contributed by atoms with van der Waals surface area (Å²) in [5.41, 5.74) is -5.39. The Morgan fingerprint density at radius 1 is 1.25 bits per heavy atom. The Kier molecular flexibility index (Phi) is 3.46. The molecule has 0 atom stereocenters. The fourth-order valence-electron chi connectivity index (χ4n) is 1.46. The first-order valence-electron chi connectivity index (χ1n) is 5.29. The van der Waals surface area contributed by atoms with E-state index in [9.17, 15) is 21.6 Å². The topological polar surface area (TPSA) is 61.2 Å². The van der Waals surface area contributed by atoms with Crippen LogP contribution in [0.2, 0.25) is 0 Å². The lowest BCUT2D eigenvalue weighted by Gasteiger charge is -2.12. The lowest BCUT2D eigenvalue weighted by Crippen LogP contribution is -2.23. The van der Waals surface area contributed by atoms with E-state index >= 15 is 0 Å². The Labute approximate surface area is 112 Å². The van der Waals surface area contributed by atoms with Crippen LogP contribution in [0.5, 0.6) is 11.5 Å². The molecular weight excluding hydrogens is 297 g/mol. The fourth-order valence-corrected chi connectivity index (χ4v) is 2.34. The molecule has 2 rings (SSSR count). The van der Waals surface area contributed by atoms with Crippen LogP contribution >= 0.6 is 0 Å². The number of nitrogens with zero attached hydrogens (tertiary/aromatic N) is 2. The van der Waals surface area contributed by atoms with Crippen molar-refractivity contribution in [3.8, 4) is 11.5 Å². The van der Waals surface area contributed by atoms with Crippen molar-refractivity contribution < 1.29 is 26.3 Å². The standard InChI is InChI=1S/C11H9F3N2O3S/c1-16-7-8(6-15-16)19-9-4-2-3-5-10(9)20(17,18)11(12,13)14/h2-7H,1H3. The summed E-state index contributed by atoms with van der Waals surface area (Å²) in [5.74, 6) is -0.268. The SMILES string of the molecule is Cn1cc(Oc2ccccc2S(=O)(=O)C(F)(F)F)cn1. The summed E-state index contributed by atoms with van der Waals surface area (Å²) in [6.45, 7) is 0. The monoisotopic (exact) mass is 306 g/mol. The molecule has 20 heavy (non-hydrogen) atoms. The maximum atomic E-state index is 12.6. The van der Waals surface area contributed by atoms with Crippen molar-refractivity contribution in [1.29, 1.82) is 0 Å². The van der Waals surface area contributed by atoms with Gasteiger partial charge in [0, 0.05) is 7.05 Å². The van der Waals surface area contributed by atoms with Crippen LogP contribution in [0, 0.1) is 0 Å². The average molecular weight is 306 g/mol. The summed E-state index contributed by atoms with van der Waals surface area (Å²) >= 11 is 0. The number of hydrogen-bond donors (Lipinski definition) is 0. The molecule has 1 aromatic carbocycles. The third-order valence-electron chi connectivity index (χ3n) is 2.35. The van der Waals surface area contributed by atoms with Gasteiger partial charge in [0.25, 0.3) is 9.84 Å². The molecule has 0 unspecified atom stereocenters. The van der Waals surface area contributed by atoms with Crippen LogP contribution in [-0.4, -0.2) is 23.7 Å². The molecule has 0 saturated heterocycles. The fraction of sp³-hybridized carbons (Fsp3) is 0.182. The average Bonchev–Trinajstić information content (AvgIpc) is 2.74. The molecule has 0 spiro atoms. The first-order chi connectivity index (χ1) is 9.22. The number of para-hydroxylation sites is 1. The number of aromatic nitrogens is 2. The minimum atomic E-state index is -5.47. The summed E-state index contributed by atoms with van der Waals surface area (Å²) in [6, 6.07) is 4.55. The van der Waals surface area contributed by atoms with Gasteiger partial charge in [-0.3, -0.25) is 4.68 Å². The number of sulfone groups is 1. The van der Waals surface area contributed by atoms with Gasteiger partial charge in [0.1, 0.15) is 10.6 Å². The number of alkyl halides is 3. The van der Waals surface area contributed by atoms with Crippen molar-refractivity contribution in [3.63, 3.8) is 0 Å². The van der Waals surface area contributed by atoms with Crippen molar-refractivity contribution >= 4 is 9.84 Å². The van der Waals surface area contributed by atoms with Gasteiger partial charge in [-0.2, -0.15) is 18.3 Å². The van der Waals surface area contributed by atoms with Gasteiger partial charge < -0.3 is 4.74 Å². The van der Waals surface area contributed by atoms with Crippen molar-refractivity contribution in [2.75, 3.05) is 0 Å². The van der Waals surface area contributed by atoms with Crippen LogP contribution < -0.4 is 4.74 Å². The van der Waals surface area contributed by atoms with Crippen LogP contribution in [0.25, 0.3) is 0 Å². The number of aryl methyl sites for hydroxylation is 1. The smallest absolute Gasteiger partial charge is 0.453 e. The van der Waals surface area contributed by atoms with E-state index in [2.05, 4.69) is 5.10 Å². The first-order valence-corrected chi connectivity index (χ1v) is 6.77. The van der Waals surface area contributed by atoms with Crippen molar-refractivity contribution in [2.45, 2.75) is 10.4 Å². The van der Waals surface area contributed by atoms with E-state index in [0.717, 1.165) is 12.1 Å². The van der Waals surface area contributed by atoms with E-state index in [1.165, 1.54) is 29.2 Å². The third kappa shape index (κ3) is 2.62. The van der Waals surface area contributed by atoms with Crippen molar-refractivity contribution in [1.82, 2.24) is 9.78 Å². The molecule has 2 aromatic rings. The molecule has 0 amide bonds. The Morgan fingerprint density at radius 2 is 1.90 bits per heavy atom. The zero-order valence-electron chi connectivity index (χ0n) is 10.1. The molecule has 1 heterocycles. The number of hydrogen-bond acceptors (Lipinski definition) is 4. The zero-order valence-corrected chi connectivity index (χ0v) is 10.9. The molecule has 0 aliphatic heterocycles. The van der Waals surface area contributed by atoms with Gasteiger partial charge in [0.05, 0.1) is 12.4 Å². The summed E-state index contributed by atoms with van der Waals surface area (Å²) in [6.07, 6.45) is 2.66. The molecule has 0 bridgehead atoms. The molecule has 0 saturated carbocycles. The first kappa shape index (κ1) is 14.4. The van der Waals surface area contributed by atoms with Crippen LogP contribution in [0.1, 0.15) is 0 Å². The second-order valence-electron chi connectivity index (χ2n) is 3.85. The quantitative estimate of drug-likeness (QED) is 0.874. The highest BCUT2D eigenvalue weighted by molar-refractivity contribution is 7.92. The molecule has 5 nitrogen and oxygen atoms in total. The van der Waals surface area contributed by atoms with Gasteiger partial charge in [-0.15, -0.1) is 0 Å². The van der Waals surface area contributed by atoms with Gasteiger partial charge in [-0.1, -0.05) is 12.1 Å². The molecule has 108 valence electrons. The minimum Gasteiger partial charge on any atom is -0.453 e.